The molecule has 1 saturated heterocycles. The summed E-state index contributed by atoms with van der Waals surface area (Å²) >= 11 is 0. The van der Waals surface area contributed by atoms with Crippen molar-refractivity contribution >= 4 is 23.7 Å². The van der Waals surface area contributed by atoms with Crippen molar-refractivity contribution in [3.63, 3.8) is 0 Å². The first-order chi connectivity index (χ1) is 19.0. The Balaban J connectivity index is 1.49. The largest absolute Gasteiger partial charge is 0.469 e. The number of halogens is 3. The smallest absolute Gasteiger partial charge is 0.419 e. The van der Waals surface area contributed by atoms with Gasteiger partial charge < -0.3 is 20.1 Å². The number of benzene rings is 2. The molecule has 11 heteroatoms. The summed E-state index contributed by atoms with van der Waals surface area (Å²) in [6.07, 6.45) is -2.99. The van der Waals surface area contributed by atoms with Crippen LogP contribution in [0.1, 0.15) is 52.3 Å². The number of methoxy groups -OCH3 is 1. The fourth-order valence-corrected chi connectivity index (χ4v) is 4.92. The quantitative estimate of drug-likeness (QED) is 0.333. The molecule has 2 aromatic carbocycles. The molecule has 8 nitrogen and oxygen atoms in total. The molecule has 1 aliphatic rings. The van der Waals surface area contributed by atoms with Crippen LogP contribution in [-0.4, -0.2) is 52.2 Å². The molecule has 0 bridgehead atoms. The van der Waals surface area contributed by atoms with Gasteiger partial charge in [0.2, 0.25) is 5.95 Å². The molecule has 1 aromatic heterocycles. The van der Waals surface area contributed by atoms with Gasteiger partial charge in [0.05, 0.1) is 24.8 Å². The summed E-state index contributed by atoms with van der Waals surface area (Å²) in [7, 11) is 1.29. The van der Waals surface area contributed by atoms with Crippen molar-refractivity contribution in [2.45, 2.75) is 51.1 Å². The predicted molar refractivity (Wildman–Crippen MR) is 143 cm³/mol. The number of aryl methyl sites for hydroxylation is 3. The average Bonchev–Trinajstić information content (AvgIpc) is 2.93. The van der Waals surface area contributed by atoms with E-state index in [1.807, 2.05) is 43.3 Å². The molecule has 1 fully saturated rings. The maximum atomic E-state index is 13.8. The van der Waals surface area contributed by atoms with Crippen molar-refractivity contribution in [3.8, 4) is 0 Å². The van der Waals surface area contributed by atoms with Crippen molar-refractivity contribution < 1.29 is 32.6 Å². The Morgan fingerprint density at radius 2 is 1.77 bits per heavy atom. The van der Waals surface area contributed by atoms with Crippen LogP contribution in [-0.2, 0) is 35.0 Å². The minimum atomic E-state index is -4.62. The summed E-state index contributed by atoms with van der Waals surface area (Å²) < 4.78 is 46.1. The fraction of sp³-hybridized carbons (Fsp3) is 0.379. The molecule has 0 atom stereocenters. The maximum Gasteiger partial charge on any atom is 0.419 e. The van der Waals surface area contributed by atoms with Crippen LogP contribution in [0.25, 0.3) is 0 Å². The Morgan fingerprint density at radius 1 is 1.07 bits per heavy atom. The van der Waals surface area contributed by atoms with Crippen molar-refractivity contribution in [2.75, 3.05) is 25.5 Å². The third kappa shape index (κ3) is 7.28. The molecule has 0 unspecified atom stereocenters. The number of aromatic nitrogens is 2. The predicted octanol–water partition coefficient (Wildman–Crippen LogP) is 5.91. The van der Waals surface area contributed by atoms with Crippen LogP contribution in [0.2, 0.25) is 0 Å². The highest BCUT2D eigenvalue weighted by molar-refractivity contribution is 5.73. The second kappa shape index (κ2) is 12.4. The number of nitrogens with one attached hydrogen (secondary N) is 1. The van der Waals surface area contributed by atoms with Crippen molar-refractivity contribution in [2.24, 2.45) is 0 Å². The first-order valence-electron chi connectivity index (χ1n) is 13.0. The molecule has 0 spiro atoms. The van der Waals surface area contributed by atoms with Gasteiger partial charge in [0.1, 0.15) is 0 Å². The second-order valence-electron chi connectivity index (χ2n) is 9.87. The van der Waals surface area contributed by atoms with E-state index < -0.39 is 23.8 Å². The van der Waals surface area contributed by atoms with Gasteiger partial charge in [-0.3, -0.25) is 4.79 Å². The molecule has 0 saturated carbocycles. The van der Waals surface area contributed by atoms with E-state index in [2.05, 4.69) is 15.3 Å². The van der Waals surface area contributed by atoms with Gasteiger partial charge in [-0.05, 0) is 67.3 Å². The van der Waals surface area contributed by atoms with Crippen molar-refractivity contribution in [1.29, 1.82) is 0 Å². The number of ether oxygens (including phenoxy) is 1. The lowest BCUT2D eigenvalue weighted by molar-refractivity contribution is -0.140. The molecule has 212 valence electrons. The van der Waals surface area contributed by atoms with Gasteiger partial charge in [0, 0.05) is 25.0 Å². The van der Waals surface area contributed by atoms with Crippen LogP contribution in [0.15, 0.2) is 48.7 Å². The number of esters is 1. The Bertz CT molecular complexity index is 1350. The molecule has 0 aliphatic carbocycles. The first kappa shape index (κ1) is 28.8. The number of rotatable bonds is 8. The molecule has 4 rings (SSSR count). The van der Waals surface area contributed by atoms with Gasteiger partial charge in [0.25, 0.3) is 0 Å². The number of carbonyl (C=O) groups is 2. The summed E-state index contributed by atoms with van der Waals surface area (Å²) in [6.45, 7) is 2.84. The lowest BCUT2D eigenvalue weighted by Crippen LogP contribution is -2.36. The van der Waals surface area contributed by atoms with Gasteiger partial charge in [-0.15, -0.1) is 0 Å². The monoisotopic (exact) mass is 556 g/mol. The molecular formula is C29H31F3N4O4. The van der Waals surface area contributed by atoms with Crippen LogP contribution in [0.3, 0.4) is 0 Å². The zero-order valence-electron chi connectivity index (χ0n) is 22.3. The van der Waals surface area contributed by atoms with E-state index in [9.17, 15) is 22.8 Å². The molecular weight excluding hydrogens is 525 g/mol. The van der Waals surface area contributed by atoms with Crippen LogP contribution in [0.4, 0.5) is 29.6 Å². The van der Waals surface area contributed by atoms with E-state index in [1.54, 1.807) is 6.07 Å². The Labute approximate surface area is 230 Å². The molecule has 0 radical (unpaired) electrons. The van der Waals surface area contributed by atoms with Crippen LogP contribution < -0.4 is 5.32 Å². The number of carbonyl (C=O) groups excluding carboxylic acids is 1. The molecule has 1 amide bonds. The normalized spacial score (nSPS) is 14.2. The summed E-state index contributed by atoms with van der Waals surface area (Å²) in [5.41, 5.74) is 3.05. The van der Waals surface area contributed by atoms with Crippen molar-refractivity contribution in [1.82, 2.24) is 14.9 Å². The van der Waals surface area contributed by atoms with Gasteiger partial charge in [-0.1, -0.05) is 35.9 Å². The summed E-state index contributed by atoms with van der Waals surface area (Å²) in [5, 5.41) is 12.1. The topological polar surface area (TPSA) is 105 Å². The summed E-state index contributed by atoms with van der Waals surface area (Å²) in [5.74, 6) is -0.139. The number of nitrogens with zero attached hydrogens (tertiary/aromatic N) is 3. The average molecular weight is 557 g/mol. The lowest BCUT2D eigenvalue weighted by atomic mass is 9.89. The lowest BCUT2D eigenvalue weighted by Gasteiger charge is -2.30. The Morgan fingerprint density at radius 3 is 2.40 bits per heavy atom. The molecule has 1 aliphatic heterocycles. The fourth-order valence-electron chi connectivity index (χ4n) is 4.92. The molecule has 40 heavy (non-hydrogen) atoms. The molecule has 2 N–H and O–H groups in total. The number of hydrogen-bond acceptors (Lipinski definition) is 6. The highest BCUT2D eigenvalue weighted by Crippen LogP contribution is 2.33. The summed E-state index contributed by atoms with van der Waals surface area (Å²) in [4.78, 5) is 32.5. The number of carboxylic acid groups (broad SMARTS) is 1. The van der Waals surface area contributed by atoms with Gasteiger partial charge in [-0.2, -0.15) is 13.2 Å². The van der Waals surface area contributed by atoms with Gasteiger partial charge in [0.15, 0.2) is 0 Å². The van der Waals surface area contributed by atoms with E-state index >= 15 is 0 Å². The molecule has 3 aromatic rings. The van der Waals surface area contributed by atoms with E-state index in [-0.39, 0.29) is 36.8 Å². The maximum absolute atomic E-state index is 13.8. The highest BCUT2D eigenvalue weighted by Gasteiger charge is 2.35. The van der Waals surface area contributed by atoms with E-state index in [1.165, 1.54) is 12.0 Å². The highest BCUT2D eigenvalue weighted by atomic mass is 19.4. The molecule has 2 heterocycles. The number of hydrogen-bond donors (Lipinski definition) is 2. The minimum absolute atomic E-state index is 0.00233. The van der Waals surface area contributed by atoms with E-state index in [0.717, 1.165) is 35.7 Å². The zero-order valence-corrected chi connectivity index (χ0v) is 22.3. The second-order valence-corrected chi connectivity index (χ2v) is 9.87. The number of piperidine rings is 1. The number of likely N-dealkylation sites (tertiary alicyclic amines) is 1. The minimum Gasteiger partial charge on any atom is -0.469 e. The summed E-state index contributed by atoms with van der Waals surface area (Å²) in [6, 6.07) is 13.0. The number of alkyl halides is 3. The van der Waals surface area contributed by atoms with E-state index in [0.29, 0.717) is 24.3 Å². The van der Waals surface area contributed by atoms with Crippen LogP contribution >= 0.6 is 0 Å². The third-order valence-corrected chi connectivity index (χ3v) is 7.13. The Hall–Kier alpha value is -4.15. The first-order valence-corrected chi connectivity index (χ1v) is 13.0. The van der Waals surface area contributed by atoms with E-state index in [4.69, 9.17) is 9.84 Å². The number of amides is 1. The van der Waals surface area contributed by atoms with Crippen LogP contribution in [0, 0.1) is 6.92 Å². The SMILES string of the molecule is COC(=O)Cc1ccc(C)cc1CCc1nc(Nc2ccc(C3CCN(C(=O)O)CC3)cc2)ncc1C(F)(F)F. The third-order valence-electron chi connectivity index (χ3n) is 7.13. The van der Waals surface area contributed by atoms with Crippen molar-refractivity contribution in [3.05, 3.63) is 82.2 Å². The van der Waals surface area contributed by atoms with Gasteiger partial charge >= 0.3 is 18.2 Å². The standard InChI is InChI=1S/C29H31F3N4O4/c1-18-3-4-22(16-26(37)40-2)21(15-18)7-10-25-24(29(30,31)32)17-33-27(35-25)34-23-8-5-19(6-9-23)20-11-13-36(14-12-20)28(38)39/h3-6,8-9,15,17,20H,7,10-14,16H2,1-2H3,(H,38,39)(H,33,34,35). The van der Waals surface area contributed by atoms with Crippen LogP contribution in [0.5, 0.6) is 0 Å². The Kier molecular flexibility index (Phi) is 8.91. The van der Waals surface area contributed by atoms with Gasteiger partial charge in [-0.25, -0.2) is 14.8 Å². The zero-order chi connectivity index (χ0) is 28.9. The number of anilines is 2.